The molecular weight excluding hydrogens is 236 g/mol. The molecule has 1 fully saturated rings. The van der Waals surface area contributed by atoms with Crippen LogP contribution in [0.15, 0.2) is 6.33 Å². The van der Waals surface area contributed by atoms with Crippen LogP contribution in [-0.2, 0) is 0 Å². The van der Waals surface area contributed by atoms with Crippen molar-refractivity contribution in [2.45, 2.75) is 19.3 Å². The summed E-state index contributed by atoms with van der Waals surface area (Å²) in [4.78, 5) is 15.1. The zero-order valence-corrected chi connectivity index (χ0v) is 10.2. The van der Waals surface area contributed by atoms with Crippen molar-refractivity contribution < 1.29 is 0 Å². The van der Waals surface area contributed by atoms with Crippen molar-refractivity contribution in [3.63, 3.8) is 0 Å². The molecule has 7 heteroatoms. The summed E-state index contributed by atoms with van der Waals surface area (Å²) in [6.07, 6.45) is 5.28. The molecule has 1 aliphatic heterocycles. The second kappa shape index (κ2) is 4.42. The van der Waals surface area contributed by atoms with Crippen molar-refractivity contribution >= 4 is 32.6 Å². The maximum atomic E-state index is 5.43. The predicted molar refractivity (Wildman–Crippen MR) is 69.1 cm³/mol. The topological polar surface area (TPSA) is 80.0 Å². The zero-order valence-electron chi connectivity index (χ0n) is 9.39. The lowest BCUT2D eigenvalue weighted by Crippen LogP contribution is -2.29. The molecule has 2 aromatic rings. The van der Waals surface area contributed by atoms with Crippen LogP contribution in [0, 0.1) is 0 Å². The number of nitrogen functional groups attached to an aromatic ring is 1. The van der Waals surface area contributed by atoms with Crippen molar-refractivity contribution in [2.24, 2.45) is 5.84 Å². The van der Waals surface area contributed by atoms with Gasteiger partial charge in [0.05, 0.1) is 0 Å². The first-order valence-electron chi connectivity index (χ1n) is 5.71. The van der Waals surface area contributed by atoms with Gasteiger partial charge in [0.15, 0.2) is 16.6 Å². The number of fused-ring (bicyclic) bond motifs is 1. The van der Waals surface area contributed by atoms with Crippen LogP contribution in [0.4, 0.5) is 10.9 Å². The van der Waals surface area contributed by atoms with Crippen LogP contribution >= 0.6 is 11.3 Å². The molecule has 0 unspecified atom stereocenters. The summed E-state index contributed by atoms with van der Waals surface area (Å²) in [6, 6.07) is 0. The van der Waals surface area contributed by atoms with Gasteiger partial charge < -0.3 is 10.3 Å². The van der Waals surface area contributed by atoms with Gasteiger partial charge in [-0.2, -0.15) is 4.98 Å². The number of nitrogens with two attached hydrogens (primary N) is 1. The van der Waals surface area contributed by atoms with E-state index in [1.807, 2.05) is 0 Å². The van der Waals surface area contributed by atoms with Gasteiger partial charge in [-0.3, -0.25) is 0 Å². The minimum Gasteiger partial charge on any atom is -0.348 e. The summed E-state index contributed by atoms with van der Waals surface area (Å²) in [6.45, 7) is 2.16. The Hall–Kier alpha value is -1.47. The Morgan fingerprint density at radius 3 is 2.82 bits per heavy atom. The third kappa shape index (κ3) is 1.91. The normalized spacial score (nSPS) is 16.4. The first-order valence-corrected chi connectivity index (χ1v) is 6.53. The van der Waals surface area contributed by atoms with E-state index in [2.05, 4.69) is 25.3 Å². The average molecular weight is 250 g/mol. The Bertz CT molecular complexity index is 518. The largest absolute Gasteiger partial charge is 0.348 e. The lowest BCUT2D eigenvalue weighted by atomic mass is 10.1. The molecule has 0 amide bonds. The fourth-order valence-electron chi connectivity index (χ4n) is 2.07. The van der Waals surface area contributed by atoms with E-state index in [0.717, 1.165) is 28.6 Å². The fourth-order valence-corrected chi connectivity index (χ4v) is 3.09. The Labute approximate surface area is 103 Å². The zero-order chi connectivity index (χ0) is 11.7. The molecule has 2 aromatic heterocycles. The standard InChI is InChI=1S/C10H14N6S/c11-15-9-7-8(12-6-13-9)14-10(17-7)16-4-2-1-3-5-16/h6H,1-5,11H2,(H,12,13,15). The van der Waals surface area contributed by atoms with Crippen LogP contribution in [0.2, 0.25) is 0 Å². The first kappa shape index (κ1) is 10.7. The van der Waals surface area contributed by atoms with Gasteiger partial charge in [0.1, 0.15) is 11.0 Å². The van der Waals surface area contributed by atoms with E-state index in [4.69, 9.17) is 5.84 Å². The third-order valence-electron chi connectivity index (χ3n) is 2.94. The number of rotatable bonds is 2. The van der Waals surface area contributed by atoms with E-state index in [1.54, 1.807) is 11.3 Å². The number of hydrogen-bond donors (Lipinski definition) is 2. The molecule has 3 rings (SSSR count). The first-order chi connectivity index (χ1) is 8.38. The highest BCUT2D eigenvalue weighted by atomic mass is 32.1. The van der Waals surface area contributed by atoms with Crippen molar-refractivity contribution in [1.29, 1.82) is 0 Å². The molecule has 0 bridgehead atoms. The molecule has 17 heavy (non-hydrogen) atoms. The lowest BCUT2D eigenvalue weighted by Gasteiger charge is -2.25. The number of nitrogens with zero attached hydrogens (tertiary/aromatic N) is 4. The molecule has 0 aliphatic carbocycles. The van der Waals surface area contributed by atoms with E-state index in [-0.39, 0.29) is 0 Å². The van der Waals surface area contributed by atoms with E-state index in [9.17, 15) is 0 Å². The highest BCUT2D eigenvalue weighted by molar-refractivity contribution is 7.22. The Kier molecular flexibility index (Phi) is 2.77. The van der Waals surface area contributed by atoms with Crippen LogP contribution in [0.5, 0.6) is 0 Å². The van der Waals surface area contributed by atoms with Crippen molar-refractivity contribution in [1.82, 2.24) is 15.0 Å². The molecular formula is C10H14N6S. The molecule has 6 nitrogen and oxygen atoms in total. The van der Waals surface area contributed by atoms with Crippen LogP contribution in [-0.4, -0.2) is 28.0 Å². The summed E-state index contributed by atoms with van der Waals surface area (Å²) >= 11 is 1.60. The number of hydrazine groups is 1. The van der Waals surface area contributed by atoms with Crippen LogP contribution in [0.3, 0.4) is 0 Å². The van der Waals surface area contributed by atoms with Gasteiger partial charge in [0, 0.05) is 13.1 Å². The van der Waals surface area contributed by atoms with Gasteiger partial charge in [-0.05, 0) is 19.3 Å². The highest BCUT2D eigenvalue weighted by Crippen LogP contribution is 2.32. The summed E-state index contributed by atoms with van der Waals surface area (Å²) in [5.74, 6) is 6.08. The molecule has 3 N–H and O–H groups in total. The van der Waals surface area contributed by atoms with E-state index >= 15 is 0 Å². The molecule has 0 radical (unpaired) electrons. The molecule has 1 saturated heterocycles. The minimum absolute atomic E-state index is 0.649. The molecule has 3 heterocycles. The number of anilines is 2. The second-order valence-corrected chi connectivity index (χ2v) is 5.04. The quantitative estimate of drug-likeness (QED) is 0.619. The number of hydrogen-bond acceptors (Lipinski definition) is 7. The van der Waals surface area contributed by atoms with Crippen molar-refractivity contribution in [2.75, 3.05) is 23.4 Å². The second-order valence-electron chi connectivity index (χ2n) is 4.06. The van der Waals surface area contributed by atoms with E-state index in [1.165, 1.54) is 25.6 Å². The lowest BCUT2D eigenvalue weighted by molar-refractivity contribution is 0.577. The number of nitrogens with one attached hydrogen (secondary N) is 1. The third-order valence-corrected chi connectivity index (χ3v) is 4.06. The predicted octanol–water partition coefficient (Wildman–Crippen LogP) is 1.36. The number of thiazole rings is 1. The van der Waals surface area contributed by atoms with Gasteiger partial charge >= 0.3 is 0 Å². The summed E-state index contributed by atoms with van der Waals surface area (Å²) < 4.78 is 0.926. The molecule has 0 saturated carbocycles. The van der Waals surface area contributed by atoms with Gasteiger partial charge in [-0.15, -0.1) is 0 Å². The highest BCUT2D eigenvalue weighted by Gasteiger charge is 2.17. The Morgan fingerprint density at radius 2 is 2.06 bits per heavy atom. The van der Waals surface area contributed by atoms with Gasteiger partial charge in [-0.25, -0.2) is 15.8 Å². The van der Waals surface area contributed by atoms with Crippen molar-refractivity contribution in [3.8, 4) is 0 Å². The Balaban J connectivity index is 2.00. The summed E-state index contributed by atoms with van der Waals surface area (Å²) in [7, 11) is 0. The maximum absolute atomic E-state index is 5.43. The molecule has 0 aromatic carbocycles. The smallest absolute Gasteiger partial charge is 0.188 e. The minimum atomic E-state index is 0.649. The Morgan fingerprint density at radius 1 is 1.24 bits per heavy atom. The molecule has 1 aliphatic rings. The number of piperidine rings is 1. The monoisotopic (exact) mass is 250 g/mol. The van der Waals surface area contributed by atoms with Gasteiger partial charge in [0.25, 0.3) is 0 Å². The fraction of sp³-hybridized carbons (Fsp3) is 0.500. The maximum Gasteiger partial charge on any atom is 0.188 e. The van der Waals surface area contributed by atoms with Crippen molar-refractivity contribution in [3.05, 3.63) is 6.33 Å². The van der Waals surface area contributed by atoms with Crippen LogP contribution < -0.4 is 16.2 Å². The molecule has 90 valence electrons. The van der Waals surface area contributed by atoms with Gasteiger partial charge in [0.2, 0.25) is 0 Å². The van der Waals surface area contributed by atoms with E-state index < -0.39 is 0 Å². The SMILES string of the molecule is NNc1ncnc2nc(N3CCCCC3)sc12. The average Bonchev–Trinajstić information content (AvgIpc) is 2.83. The number of aromatic nitrogens is 3. The summed E-state index contributed by atoms with van der Waals surface area (Å²) in [5.41, 5.74) is 3.31. The van der Waals surface area contributed by atoms with Crippen LogP contribution in [0.1, 0.15) is 19.3 Å². The van der Waals surface area contributed by atoms with Gasteiger partial charge in [-0.1, -0.05) is 11.3 Å². The summed E-state index contributed by atoms with van der Waals surface area (Å²) in [5, 5.41) is 1.02. The van der Waals surface area contributed by atoms with Crippen LogP contribution in [0.25, 0.3) is 10.3 Å². The van der Waals surface area contributed by atoms with E-state index in [0.29, 0.717) is 5.82 Å². The molecule has 0 atom stereocenters. The molecule has 0 spiro atoms.